The highest BCUT2D eigenvalue weighted by molar-refractivity contribution is 7.09. The summed E-state index contributed by atoms with van der Waals surface area (Å²) in [6.07, 6.45) is 0. The van der Waals surface area contributed by atoms with Gasteiger partial charge in [0.15, 0.2) is 5.69 Å². The first kappa shape index (κ1) is 12.0. The highest BCUT2D eigenvalue weighted by Crippen LogP contribution is 2.10. The number of anilines is 1. The summed E-state index contributed by atoms with van der Waals surface area (Å²) in [5.41, 5.74) is 5.15. The maximum atomic E-state index is 11.5. The van der Waals surface area contributed by atoms with Crippen molar-refractivity contribution in [2.75, 3.05) is 5.73 Å². The van der Waals surface area contributed by atoms with Gasteiger partial charge in [-0.25, -0.2) is 14.4 Å². The summed E-state index contributed by atoms with van der Waals surface area (Å²) in [7, 11) is 0. The van der Waals surface area contributed by atoms with Gasteiger partial charge in [0.05, 0.1) is 6.54 Å². The molecule has 2 aromatic rings. The van der Waals surface area contributed by atoms with Crippen molar-refractivity contribution < 1.29 is 19.3 Å². The number of thiazole rings is 1. The molecule has 0 bridgehead atoms. The van der Waals surface area contributed by atoms with Gasteiger partial charge in [-0.3, -0.25) is 4.79 Å². The van der Waals surface area contributed by atoms with Crippen molar-refractivity contribution in [3.8, 4) is 0 Å². The van der Waals surface area contributed by atoms with E-state index in [2.05, 4.69) is 25.2 Å². The monoisotopic (exact) mass is 269 g/mol. The Morgan fingerprint density at radius 3 is 2.83 bits per heavy atom. The van der Waals surface area contributed by atoms with Crippen LogP contribution in [0.3, 0.4) is 0 Å². The number of carboxylic acids is 1. The predicted molar refractivity (Wildman–Crippen MR) is 59.0 cm³/mol. The Morgan fingerprint density at radius 2 is 2.28 bits per heavy atom. The number of nitrogens with two attached hydrogens (primary N) is 1. The third-order valence-corrected chi connectivity index (χ3v) is 2.75. The SMILES string of the molecule is Nc1nonc1C(=O)NCc1nc(C(=O)O)cs1. The average molecular weight is 269 g/mol. The first-order valence-electron chi connectivity index (χ1n) is 4.62. The molecule has 0 aliphatic carbocycles. The second-order valence-corrected chi connectivity index (χ2v) is 4.06. The lowest BCUT2D eigenvalue weighted by Gasteiger charge is -1.98. The van der Waals surface area contributed by atoms with Crippen molar-refractivity contribution in [3.05, 3.63) is 21.8 Å². The normalized spacial score (nSPS) is 10.2. The van der Waals surface area contributed by atoms with Gasteiger partial charge in [-0.1, -0.05) is 0 Å². The minimum absolute atomic E-state index is 0.0631. The smallest absolute Gasteiger partial charge is 0.355 e. The molecule has 0 saturated heterocycles. The Bertz CT molecular complexity index is 592. The van der Waals surface area contributed by atoms with Crippen molar-refractivity contribution in [2.45, 2.75) is 6.54 Å². The zero-order valence-corrected chi connectivity index (χ0v) is 9.60. The zero-order valence-electron chi connectivity index (χ0n) is 8.78. The second-order valence-electron chi connectivity index (χ2n) is 3.11. The molecule has 9 nitrogen and oxygen atoms in total. The first-order chi connectivity index (χ1) is 8.58. The highest BCUT2D eigenvalue weighted by atomic mass is 32.1. The molecule has 10 heteroatoms. The third kappa shape index (κ3) is 2.43. The van der Waals surface area contributed by atoms with E-state index in [1.807, 2.05) is 0 Å². The summed E-state index contributed by atoms with van der Waals surface area (Å²) < 4.78 is 4.28. The number of hydrogen-bond acceptors (Lipinski definition) is 8. The molecule has 2 heterocycles. The van der Waals surface area contributed by atoms with Gasteiger partial charge in [0.1, 0.15) is 5.01 Å². The molecule has 1 amide bonds. The Balaban J connectivity index is 1.97. The molecule has 0 unspecified atom stereocenters. The van der Waals surface area contributed by atoms with Gasteiger partial charge in [-0.2, -0.15) is 0 Å². The molecule has 94 valence electrons. The van der Waals surface area contributed by atoms with E-state index in [-0.39, 0.29) is 23.8 Å². The molecular formula is C8H7N5O4S. The number of carbonyl (C=O) groups is 2. The number of amides is 1. The second kappa shape index (κ2) is 4.79. The number of nitrogens with one attached hydrogen (secondary N) is 1. The van der Waals surface area contributed by atoms with Gasteiger partial charge >= 0.3 is 5.97 Å². The average Bonchev–Trinajstić information content (AvgIpc) is 2.94. The lowest BCUT2D eigenvalue weighted by Crippen LogP contribution is -2.24. The van der Waals surface area contributed by atoms with Gasteiger partial charge in [0.25, 0.3) is 5.91 Å². The topological polar surface area (TPSA) is 144 Å². The van der Waals surface area contributed by atoms with Crippen LogP contribution in [0.1, 0.15) is 26.0 Å². The van der Waals surface area contributed by atoms with E-state index in [0.29, 0.717) is 5.01 Å². The number of hydrogen-bond donors (Lipinski definition) is 3. The molecule has 18 heavy (non-hydrogen) atoms. The van der Waals surface area contributed by atoms with Crippen LogP contribution in [0.25, 0.3) is 0 Å². The van der Waals surface area contributed by atoms with Gasteiger partial charge < -0.3 is 16.2 Å². The standard InChI is InChI=1S/C8H7N5O4S/c9-6-5(12-17-13-6)7(14)10-1-4-11-3(2-18-4)8(15)16/h2H,1H2,(H2,9,13)(H,10,14)(H,15,16). The maximum absolute atomic E-state index is 11.5. The Kier molecular flexibility index (Phi) is 3.19. The molecule has 2 aromatic heterocycles. The lowest BCUT2D eigenvalue weighted by molar-refractivity contribution is 0.0691. The maximum Gasteiger partial charge on any atom is 0.355 e. The summed E-state index contributed by atoms with van der Waals surface area (Å²) in [5.74, 6) is -1.80. The molecule has 0 saturated carbocycles. The number of carbonyl (C=O) groups excluding carboxylic acids is 1. The number of carboxylic acid groups (broad SMARTS) is 1. The van der Waals surface area contributed by atoms with E-state index in [1.54, 1.807) is 0 Å². The lowest BCUT2D eigenvalue weighted by atomic mass is 10.4. The van der Waals surface area contributed by atoms with Crippen LogP contribution >= 0.6 is 11.3 Å². The predicted octanol–water partition coefficient (Wildman–Crippen LogP) is -0.264. The van der Waals surface area contributed by atoms with Crippen LogP contribution in [0.15, 0.2) is 10.0 Å². The van der Waals surface area contributed by atoms with E-state index >= 15 is 0 Å². The largest absolute Gasteiger partial charge is 0.476 e. The zero-order chi connectivity index (χ0) is 13.1. The number of nitrogens with zero attached hydrogens (tertiary/aromatic N) is 3. The van der Waals surface area contributed by atoms with Crippen molar-refractivity contribution in [1.29, 1.82) is 0 Å². The van der Waals surface area contributed by atoms with Crippen molar-refractivity contribution in [1.82, 2.24) is 20.6 Å². The summed E-state index contributed by atoms with van der Waals surface area (Å²) >= 11 is 1.12. The molecule has 2 rings (SSSR count). The quantitative estimate of drug-likeness (QED) is 0.688. The summed E-state index contributed by atoms with van der Waals surface area (Å²) in [5, 5.41) is 19.6. The van der Waals surface area contributed by atoms with Crippen LogP contribution in [0.2, 0.25) is 0 Å². The molecule has 0 atom stereocenters. The van der Waals surface area contributed by atoms with E-state index < -0.39 is 11.9 Å². The Morgan fingerprint density at radius 1 is 1.50 bits per heavy atom. The third-order valence-electron chi connectivity index (χ3n) is 1.90. The number of aromatic carboxylic acids is 1. The Labute approximate surface area is 104 Å². The highest BCUT2D eigenvalue weighted by Gasteiger charge is 2.16. The molecule has 0 fully saturated rings. The van der Waals surface area contributed by atoms with E-state index in [1.165, 1.54) is 5.38 Å². The summed E-state index contributed by atoms with van der Waals surface area (Å²) in [6, 6.07) is 0. The summed E-state index contributed by atoms with van der Waals surface area (Å²) in [4.78, 5) is 25.9. The molecule has 0 aliphatic heterocycles. The fourth-order valence-corrected chi connectivity index (χ4v) is 1.79. The minimum atomic E-state index is -1.12. The van der Waals surface area contributed by atoms with Crippen LogP contribution in [-0.2, 0) is 6.54 Å². The van der Waals surface area contributed by atoms with Crippen LogP contribution in [-0.4, -0.2) is 32.3 Å². The van der Waals surface area contributed by atoms with Crippen molar-refractivity contribution in [3.63, 3.8) is 0 Å². The molecule has 0 aromatic carbocycles. The van der Waals surface area contributed by atoms with E-state index in [0.717, 1.165) is 11.3 Å². The minimum Gasteiger partial charge on any atom is -0.476 e. The molecule has 0 spiro atoms. The fraction of sp³-hybridized carbons (Fsp3) is 0.125. The fourth-order valence-electron chi connectivity index (χ4n) is 1.08. The van der Waals surface area contributed by atoms with Crippen LogP contribution in [0.4, 0.5) is 5.82 Å². The van der Waals surface area contributed by atoms with Gasteiger partial charge in [-0.05, 0) is 10.3 Å². The molecule has 0 radical (unpaired) electrons. The van der Waals surface area contributed by atoms with Crippen molar-refractivity contribution in [2.24, 2.45) is 0 Å². The molecular weight excluding hydrogens is 262 g/mol. The molecule has 0 aliphatic rings. The molecule has 4 N–H and O–H groups in total. The number of rotatable bonds is 4. The van der Waals surface area contributed by atoms with Crippen molar-refractivity contribution >= 4 is 29.0 Å². The van der Waals surface area contributed by atoms with Gasteiger partial charge in [0.2, 0.25) is 11.5 Å². The summed E-state index contributed by atoms with van der Waals surface area (Å²) in [6.45, 7) is 0.0725. The van der Waals surface area contributed by atoms with Crippen LogP contribution in [0.5, 0.6) is 0 Å². The number of aromatic nitrogens is 3. The Hall–Kier alpha value is -2.49. The first-order valence-corrected chi connectivity index (χ1v) is 5.50. The van der Waals surface area contributed by atoms with E-state index in [9.17, 15) is 9.59 Å². The number of nitrogen functional groups attached to an aromatic ring is 1. The van der Waals surface area contributed by atoms with Crippen LogP contribution in [0, 0.1) is 0 Å². The van der Waals surface area contributed by atoms with Gasteiger partial charge in [-0.15, -0.1) is 11.3 Å². The van der Waals surface area contributed by atoms with Gasteiger partial charge in [0, 0.05) is 5.38 Å². The van der Waals surface area contributed by atoms with Crippen LogP contribution < -0.4 is 11.1 Å². The van der Waals surface area contributed by atoms with E-state index in [4.69, 9.17) is 10.8 Å².